The molecule has 0 spiro atoms. The summed E-state index contributed by atoms with van der Waals surface area (Å²) < 4.78 is 1.96. The van der Waals surface area contributed by atoms with Crippen LogP contribution in [0.1, 0.15) is 67.2 Å². The Morgan fingerprint density at radius 2 is 2.12 bits per heavy atom. The van der Waals surface area contributed by atoms with Crippen molar-refractivity contribution in [2.45, 2.75) is 51.0 Å². The minimum Gasteiger partial charge on any atom is -0.364 e. The van der Waals surface area contributed by atoms with Crippen molar-refractivity contribution in [1.82, 2.24) is 15.0 Å². The van der Waals surface area contributed by atoms with E-state index in [4.69, 9.17) is 5.73 Å². The second-order valence-electron chi connectivity index (χ2n) is 5.34. The lowest BCUT2D eigenvalue weighted by atomic mass is 9.80. The molecule has 17 heavy (non-hydrogen) atoms. The molecule has 0 aliphatic heterocycles. The number of aromatic nitrogens is 3. The third-order valence-corrected chi connectivity index (χ3v) is 4.15. The molecule has 0 saturated heterocycles. The zero-order valence-corrected chi connectivity index (χ0v) is 10.1. The highest BCUT2D eigenvalue weighted by atomic mass is 16.1. The van der Waals surface area contributed by atoms with Gasteiger partial charge in [-0.3, -0.25) is 4.79 Å². The van der Waals surface area contributed by atoms with Gasteiger partial charge >= 0.3 is 0 Å². The average Bonchev–Trinajstić information content (AvgIpc) is 2.93. The number of rotatable bonds is 4. The quantitative estimate of drug-likeness (QED) is 0.860. The molecular formula is C12H18N4O. The minimum absolute atomic E-state index is 0.347. The molecule has 1 heterocycles. The van der Waals surface area contributed by atoms with Gasteiger partial charge in [0.25, 0.3) is 5.91 Å². The van der Waals surface area contributed by atoms with Crippen LogP contribution in [0.3, 0.4) is 0 Å². The minimum atomic E-state index is -0.445. The van der Waals surface area contributed by atoms with Gasteiger partial charge in [-0.15, -0.1) is 5.10 Å². The Labute approximate surface area is 100 Å². The van der Waals surface area contributed by atoms with Crippen LogP contribution in [-0.4, -0.2) is 20.9 Å². The van der Waals surface area contributed by atoms with Crippen molar-refractivity contribution in [3.05, 3.63) is 11.4 Å². The largest absolute Gasteiger partial charge is 0.364 e. The van der Waals surface area contributed by atoms with E-state index in [1.54, 1.807) is 0 Å². The fraction of sp³-hybridized carbons (Fsp3) is 0.750. The Morgan fingerprint density at radius 1 is 1.41 bits per heavy atom. The Kier molecular flexibility index (Phi) is 2.42. The lowest BCUT2D eigenvalue weighted by Gasteiger charge is -2.32. The molecule has 2 aliphatic carbocycles. The summed E-state index contributed by atoms with van der Waals surface area (Å²) in [5.74, 6) is 0.698. The molecule has 3 rings (SSSR count). The monoisotopic (exact) mass is 234 g/mol. The van der Waals surface area contributed by atoms with Crippen molar-refractivity contribution in [1.29, 1.82) is 0 Å². The fourth-order valence-electron chi connectivity index (χ4n) is 2.64. The normalized spacial score (nSPS) is 22.2. The van der Waals surface area contributed by atoms with Gasteiger partial charge in [-0.2, -0.15) is 0 Å². The molecule has 0 bridgehead atoms. The average molecular weight is 234 g/mol. The molecule has 0 radical (unpaired) electrons. The molecule has 0 aromatic carbocycles. The van der Waals surface area contributed by atoms with E-state index in [1.807, 2.05) is 4.68 Å². The topological polar surface area (TPSA) is 73.8 Å². The van der Waals surface area contributed by atoms with Crippen LogP contribution >= 0.6 is 0 Å². The maximum absolute atomic E-state index is 11.3. The van der Waals surface area contributed by atoms with Crippen molar-refractivity contribution >= 4 is 5.91 Å². The molecule has 2 N–H and O–H groups in total. The summed E-state index contributed by atoms with van der Waals surface area (Å²) in [4.78, 5) is 11.3. The Balaban J connectivity index is 1.95. The SMILES string of the molecule is CC(C1CCC1)n1nnc(C(N)=O)c1C1CC1. The van der Waals surface area contributed by atoms with Crippen LogP contribution in [-0.2, 0) is 0 Å². The summed E-state index contributed by atoms with van der Waals surface area (Å²) in [5, 5.41) is 8.14. The molecule has 1 atom stereocenters. The van der Waals surface area contributed by atoms with Crippen molar-refractivity contribution in [3.63, 3.8) is 0 Å². The molecule has 5 heteroatoms. The molecule has 2 fully saturated rings. The van der Waals surface area contributed by atoms with E-state index in [0.717, 1.165) is 18.5 Å². The number of primary amides is 1. The standard InChI is InChI=1S/C12H18N4O/c1-7(8-3-2-4-8)16-11(9-5-6-9)10(12(13)17)14-15-16/h7-9H,2-6H2,1H3,(H2,13,17). The van der Waals surface area contributed by atoms with Crippen molar-refractivity contribution < 1.29 is 4.79 Å². The molecule has 1 amide bonds. The maximum atomic E-state index is 11.3. The molecule has 2 aliphatic rings. The first-order valence-corrected chi connectivity index (χ1v) is 6.43. The van der Waals surface area contributed by atoms with Crippen LogP contribution in [0.25, 0.3) is 0 Å². The van der Waals surface area contributed by atoms with Crippen molar-refractivity contribution in [2.75, 3.05) is 0 Å². The van der Waals surface area contributed by atoms with Gasteiger partial charge in [0.1, 0.15) is 0 Å². The smallest absolute Gasteiger partial charge is 0.271 e. The molecule has 1 aromatic rings. The first-order valence-electron chi connectivity index (χ1n) is 6.43. The van der Waals surface area contributed by atoms with Gasteiger partial charge < -0.3 is 5.73 Å². The molecular weight excluding hydrogens is 216 g/mol. The highest BCUT2D eigenvalue weighted by Gasteiger charge is 2.36. The summed E-state index contributed by atoms with van der Waals surface area (Å²) in [6.45, 7) is 2.18. The molecule has 92 valence electrons. The van der Waals surface area contributed by atoms with Crippen LogP contribution in [0.15, 0.2) is 0 Å². The van der Waals surface area contributed by atoms with E-state index in [9.17, 15) is 4.79 Å². The second kappa shape index (κ2) is 3.82. The Hall–Kier alpha value is -1.39. The summed E-state index contributed by atoms with van der Waals surface area (Å²) in [6.07, 6.45) is 6.09. The number of carbonyl (C=O) groups is 1. The third-order valence-electron chi connectivity index (χ3n) is 4.15. The van der Waals surface area contributed by atoms with E-state index < -0.39 is 5.91 Å². The zero-order valence-electron chi connectivity index (χ0n) is 10.1. The van der Waals surface area contributed by atoms with Gasteiger partial charge in [0.15, 0.2) is 5.69 Å². The Morgan fingerprint density at radius 3 is 2.59 bits per heavy atom. The van der Waals surface area contributed by atoms with E-state index in [-0.39, 0.29) is 0 Å². The van der Waals surface area contributed by atoms with Crippen molar-refractivity contribution in [2.24, 2.45) is 11.7 Å². The second-order valence-corrected chi connectivity index (χ2v) is 5.34. The van der Waals surface area contributed by atoms with Crippen LogP contribution in [0, 0.1) is 5.92 Å². The number of carbonyl (C=O) groups excluding carboxylic acids is 1. The van der Waals surface area contributed by atoms with Crippen LogP contribution in [0.4, 0.5) is 0 Å². The zero-order chi connectivity index (χ0) is 12.0. The highest BCUT2D eigenvalue weighted by Crippen LogP contribution is 2.44. The van der Waals surface area contributed by atoms with Gasteiger partial charge in [-0.05, 0) is 38.5 Å². The fourth-order valence-corrected chi connectivity index (χ4v) is 2.64. The van der Waals surface area contributed by atoms with E-state index in [2.05, 4.69) is 17.2 Å². The van der Waals surface area contributed by atoms with Crippen LogP contribution in [0.2, 0.25) is 0 Å². The first-order chi connectivity index (χ1) is 8.18. The highest BCUT2D eigenvalue weighted by molar-refractivity contribution is 5.92. The molecule has 1 unspecified atom stereocenters. The van der Waals surface area contributed by atoms with Crippen LogP contribution in [0.5, 0.6) is 0 Å². The first kappa shape index (κ1) is 10.7. The number of nitrogens with zero attached hydrogens (tertiary/aromatic N) is 3. The lowest BCUT2D eigenvalue weighted by molar-refractivity contribution is 0.0994. The predicted molar refractivity (Wildman–Crippen MR) is 62.6 cm³/mol. The van der Waals surface area contributed by atoms with Crippen LogP contribution < -0.4 is 5.73 Å². The summed E-state index contributed by atoms with van der Waals surface area (Å²) in [5.41, 5.74) is 6.73. The van der Waals surface area contributed by atoms with Gasteiger partial charge in [-0.25, -0.2) is 4.68 Å². The van der Waals surface area contributed by atoms with Gasteiger partial charge in [0.05, 0.1) is 11.7 Å². The number of amides is 1. The number of nitrogens with two attached hydrogens (primary N) is 1. The van der Waals surface area contributed by atoms with E-state index in [0.29, 0.717) is 23.6 Å². The number of hydrogen-bond donors (Lipinski definition) is 1. The van der Waals surface area contributed by atoms with E-state index >= 15 is 0 Å². The predicted octanol–water partition coefficient (Wildman–Crippen LogP) is 1.62. The van der Waals surface area contributed by atoms with Gasteiger partial charge in [0, 0.05) is 5.92 Å². The van der Waals surface area contributed by atoms with Crippen molar-refractivity contribution in [3.8, 4) is 0 Å². The maximum Gasteiger partial charge on any atom is 0.271 e. The molecule has 1 aromatic heterocycles. The molecule has 2 saturated carbocycles. The lowest BCUT2D eigenvalue weighted by Crippen LogP contribution is -2.25. The third kappa shape index (κ3) is 1.73. The van der Waals surface area contributed by atoms with E-state index in [1.165, 1.54) is 19.3 Å². The number of hydrogen-bond acceptors (Lipinski definition) is 3. The summed E-state index contributed by atoms with van der Waals surface area (Å²) in [7, 11) is 0. The molecule has 5 nitrogen and oxygen atoms in total. The summed E-state index contributed by atoms with van der Waals surface area (Å²) >= 11 is 0. The Bertz CT molecular complexity index is 445. The summed E-state index contributed by atoms with van der Waals surface area (Å²) in [6, 6.07) is 0.347. The van der Waals surface area contributed by atoms with Gasteiger partial charge in [0.2, 0.25) is 0 Å². The van der Waals surface area contributed by atoms with Gasteiger partial charge in [-0.1, -0.05) is 11.6 Å².